The third kappa shape index (κ3) is 22.3. The molecule has 4 fully saturated rings. The number of aliphatic carboxylic acids is 1. The lowest BCUT2D eigenvalue weighted by Gasteiger charge is -2.34. The van der Waals surface area contributed by atoms with Crippen molar-refractivity contribution in [1.82, 2.24) is 30.0 Å². The van der Waals surface area contributed by atoms with Crippen molar-refractivity contribution < 1.29 is 47.0 Å². The van der Waals surface area contributed by atoms with E-state index in [1.807, 2.05) is 66.7 Å². The smallest absolute Gasteiger partial charge is 0.328 e. The second-order valence-corrected chi connectivity index (χ2v) is 32.5. The van der Waals surface area contributed by atoms with Gasteiger partial charge in [0.05, 0.1) is 52.4 Å². The van der Waals surface area contributed by atoms with Gasteiger partial charge in [-0.15, -0.1) is 34.0 Å². The van der Waals surface area contributed by atoms with E-state index in [4.69, 9.17) is 32.6 Å². The molecule has 11 aromatic rings. The summed E-state index contributed by atoms with van der Waals surface area (Å²) in [4.78, 5) is 82.0. The van der Waals surface area contributed by atoms with Crippen molar-refractivity contribution in [3.05, 3.63) is 279 Å². The quantitative estimate of drug-likeness (QED) is 0.0232. The molecular formula is C93H99F3N12O7S3. The number of pyridine rings is 2. The molecule has 0 unspecified atom stereocenters. The van der Waals surface area contributed by atoms with Crippen molar-refractivity contribution >= 4 is 87.4 Å². The fourth-order valence-corrected chi connectivity index (χ4v) is 17.4. The summed E-state index contributed by atoms with van der Waals surface area (Å²) in [6, 6.07) is 48.6. The third-order valence-corrected chi connectivity index (χ3v) is 25.3. The fourth-order valence-electron chi connectivity index (χ4n) is 13.5. The Morgan fingerprint density at radius 1 is 0.500 bits per heavy atom. The van der Waals surface area contributed by atoms with Crippen LogP contribution in [0.15, 0.2) is 181 Å². The minimum Gasteiger partial charge on any atom is -0.478 e. The molecular weight excluding hydrogens is 1550 g/mol. The number of amides is 4. The molecule has 0 saturated carbocycles. The maximum atomic E-state index is 13.1. The number of carbonyl (C=O) groups excluding carboxylic acids is 4. The highest BCUT2D eigenvalue weighted by Crippen LogP contribution is 2.43. The van der Waals surface area contributed by atoms with Gasteiger partial charge in [0.15, 0.2) is 0 Å². The molecule has 4 aliphatic rings. The zero-order chi connectivity index (χ0) is 83.7. The predicted octanol–water partition coefficient (Wildman–Crippen LogP) is 20.2. The van der Waals surface area contributed by atoms with E-state index in [2.05, 4.69) is 142 Å². The number of carboxylic acid groups (broad SMARTS) is 1. The van der Waals surface area contributed by atoms with E-state index in [0.717, 1.165) is 84.7 Å². The number of likely N-dealkylation sites (tertiary alicyclic amines) is 3. The van der Waals surface area contributed by atoms with Crippen LogP contribution in [-0.2, 0) is 34.0 Å². The number of azide groups is 1. The van der Waals surface area contributed by atoms with Crippen molar-refractivity contribution in [3.63, 3.8) is 0 Å². The Bertz CT molecular complexity index is 5500. The first-order valence-electron chi connectivity index (χ1n) is 38.4. The molecule has 0 aliphatic carbocycles. The van der Waals surface area contributed by atoms with E-state index < -0.39 is 24.5 Å². The lowest BCUT2D eigenvalue weighted by atomic mass is 9.96. The molecule has 8 N–H and O–H groups in total. The van der Waals surface area contributed by atoms with Crippen molar-refractivity contribution in [2.45, 2.75) is 121 Å². The number of ether oxygens (including phenoxy) is 1. The second-order valence-electron chi connectivity index (χ2n) is 29.2. The van der Waals surface area contributed by atoms with Gasteiger partial charge in [0.2, 0.25) is 5.91 Å². The summed E-state index contributed by atoms with van der Waals surface area (Å²) >= 11 is 5.15. The third-order valence-electron chi connectivity index (χ3n) is 21.0. The number of thiophene rings is 3. The molecule has 25 heteroatoms. The van der Waals surface area contributed by atoms with Gasteiger partial charge >= 0.3 is 5.97 Å². The first-order chi connectivity index (χ1) is 56.1. The van der Waals surface area contributed by atoms with Crippen LogP contribution in [0, 0.1) is 62.3 Å². The average Bonchev–Trinajstić information content (AvgIpc) is 1.45. The highest BCUT2D eigenvalue weighted by atomic mass is 32.1. The van der Waals surface area contributed by atoms with Crippen LogP contribution in [0.1, 0.15) is 127 Å². The molecule has 118 heavy (non-hydrogen) atoms. The molecule has 4 saturated heterocycles. The van der Waals surface area contributed by atoms with Gasteiger partial charge in [0.25, 0.3) is 17.7 Å². The lowest BCUT2D eigenvalue weighted by molar-refractivity contribution is -0.131. The summed E-state index contributed by atoms with van der Waals surface area (Å²) in [5.74, 6) is -0.640. The average molecular weight is 1650 g/mol. The summed E-state index contributed by atoms with van der Waals surface area (Å²) in [6.07, 6.45) is 8.72. The Labute approximate surface area is 699 Å². The Balaban J connectivity index is 0.000000170. The molecule has 4 amide bonds. The number of nitrogen functional groups attached to an aromatic ring is 2. The Kier molecular flexibility index (Phi) is 30.6. The molecule has 0 radical (unpaired) electrons. The predicted molar refractivity (Wildman–Crippen MR) is 473 cm³/mol. The normalized spacial score (nSPS) is 13.7. The first kappa shape index (κ1) is 88.5. The molecule has 15 rings (SSSR count). The minimum absolute atomic E-state index is 0. The monoisotopic (exact) mass is 1650 g/mol. The molecule has 19 nitrogen and oxygen atoms in total. The number of nitrogens with zero attached hydrogens (tertiary/aromatic N) is 8. The van der Waals surface area contributed by atoms with Crippen LogP contribution in [0.2, 0.25) is 0 Å². The summed E-state index contributed by atoms with van der Waals surface area (Å²) in [6.45, 7) is 23.5. The Morgan fingerprint density at radius 3 is 1.14 bits per heavy atom. The highest BCUT2D eigenvalue weighted by Gasteiger charge is 2.33. The van der Waals surface area contributed by atoms with Crippen LogP contribution in [-0.4, -0.2) is 130 Å². The topological polar surface area (TPSA) is 289 Å². The number of halogens is 3. The van der Waals surface area contributed by atoms with Crippen LogP contribution in [0.4, 0.5) is 24.8 Å². The molecule has 4 aliphatic heterocycles. The van der Waals surface area contributed by atoms with Crippen LogP contribution in [0.25, 0.3) is 87.3 Å². The number of carbonyl (C=O) groups is 5. The van der Waals surface area contributed by atoms with Gasteiger partial charge < -0.3 is 47.1 Å². The number of alkyl halides is 3. The van der Waals surface area contributed by atoms with Crippen LogP contribution in [0.3, 0.4) is 0 Å². The number of benzene rings is 6. The fraction of sp³-hybridized carbons (Fsp3) is 0.280. The van der Waals surface area contributed by atoms with Gasteiger partial charge in [-0.1, -0.05) is 104 Å². The zero-order valence-electron chi connectivity index (χ0n) is 66.9. The van der Waals surface area contributed by atoms with Crippen LogP contribution >= 0.6 is 34.0 Å². The van der Waals surface area contributed by atoms with E-state index in [0.29, 0.717) is 53.5 Å². The number of aromatic nitrogens is 2. The Morgan fingerprint density at radius 2 is 0.839 bits per heavy atom. The lowest BCUT2D eigenvalue weighted by Crippen LogP contribution is -2.51. The summed E-state index contributed by atoms with van der Waals surface area (Å²) < 4.78 is 44.1. The van der Waals surface area contributed by atoms with Crippen molar-refractivity contribution in [3.8, 4) is 64.7 Å². The van der Waals surface area contributed by atoms with E-state index in [1.165, 1.54) is 111 Å². The van der Waals surface area contributed by atoms with E-state index >= 15 is 0 Å². The number of aryl methyl sites for hydroxylation is 3. The largest absolute Gasteiger partial charge is 0.478 e. The van der Waals surface area contributed by atoms with Gasteiger partial charge in [0, 0.05) is 95.2 Å². The number of rotatable bonds is 18. The summed E-state index contributed by atoms with van der Waals surface area (Å²) in [7, 11) is 0. The number of hydrogen-bond acceptors (Lipinski definition) is 15. The molecule has 6 aromatic carbocycles. The molecule has 5 aromatic heterocycles. The summed E-state index contributed by atoms with van der Waals surface area (Å²) in [5.41, 5.74) is 49.6. The van der Waals surface area contributed by atoms with Crippen molar-refractivity contribution in [2.75, 3.05) is 63.9 Å². The van der Waals surface area contributed by atoms with Gasteiger partial charge in [-0.2, -0.15) is 0 Å². The molecule has 0 spiro atoms. The number of hydrogen-bond donors (Lipinski definition) is 5. The number of nitrogens with one attached hydrogen (secondary N) is 1. The van der Waals surface area contributed by atoms with Crippen LogP contribution in [0.5, 0.6) is 0 Å². The van der Waals surface area contributed by atoms with Gasteiger partial charge in [-0.05, 0) is 265 Å². The van der Waals surface area contributed by atoms with Gasteiger partial charge in [0.1, 0.15) is 30.2 Å². The molecule has 9 heterocycles. The second kappa shape index (κ2) is 40.8. The molecule has 0 atom stereocenters. The standard InChI is InChI=1S/C32H31FN4O2S.C24H23FN4OS.C24H25FN2OS.C8H8N2O2.C4H8O.CH4/c1-19-14-25(23-6-8-24(9-7-23)32(39)37-17-26(33)18-37)10-11-27(19)31-21(3)20(2)28(40-31)16-36-30(38)13-5-22-4-12-29(34)35-15-22;1-14-10-19(17-4-6-18(7-5-17)24(30)29-12-20(25)13-29)8-9-21(14)23-16(3)15(2)22(31-23)11-27-28-26;1-14-10-19(8-9-21(14)23-16(3)15(2)22(11-26)29-23)17-4-6-18(7-5-17)24(28)27-12-20(25)13-27;9-7-3-1-6(5-10-7)2-4-8(11)12;1-2-4-5-3-1;/h4-15,26H,16-18H2,1-3H3,(H2,34,35)(H,36,38);4-10,20H,11-13H2,1-3H3;4-10,20H,11-13,26H2,1-3H3;1-5H,(H2,9,10)(H,11,12);1-4H2;1H4/b13-5+;;;4-2+;;. The van der Waals surface area contributed by atoms with Crippen LogP contribution < -0.4 is 22.5 Å². The maximum Gasteiger partial charge on any atom is 0.328 e. The maximum absolute atomic E-state index is 13.1. The van der Waals surface area contributed by atoms with Crippen molar-refractivity contribution in [1.29, 1.82) is 0 Å². The number of anilines is 2. The zero-order valence-corrected chi connectivity index (χ0v) is 69.3. The Hall–Kier alpha value is -11.8. The minimum atomic E-state index is -0.980. The van der Waals surface area contributed by atoms with E-state index in [1.54, 1.807) is 81.5 Å². The SMILES string of the molecule is C.C1CCOC1.Cc1cc(-c2ccc(C(=O)N3CC(F)C3)cc2)ccc1-c1sc(CN)c(C)c1C.Cc1cc(-c2ccc(C(=O)N3CC(F)C3)cc2)ccc1-c1sc(CN=[N+]=[N-])c(C)c1C.Cc1cc(-c2ccc(C(=O)N3CC(F)C3)cc2)ccc1-c1sc(CNC(=O)/C=C/c2ccc(N)nc2)c(C)c1C.Nc1ccc(/C=C/C(=O)O)cn1. The molecule has 0 bridgehead atoms. The van der Waals surface area contributed by atoms with Gasteiger partial charge in [-0.3, -0.25) is 19.2 Å². The van der Waals surface area contributed by atoms with Crippen molar-refractivity contribution in [2.24, 2.45) is 10.8 Å². The van der Waals surface area contributed by atoms with E-state index in [-0.39, 0.29) is 70.3 Å². The van der Waals surface area contributed by atoms with E-state index in [9.17, 15) is 37.1 Å². The molecule has 612 valence electrons. The highest BCUT2D eigenvalue weighted by molar-refractivity contribution is 7.16. The number of carboxylic acids is 1. The van der Waals surface area contributed by atoms with Gasteiger partial charge in [-0.25, -0.2) is 27.9 Å². The summed E-state index contributed by atoms with van der Waals surface area (Å²) in [5, 5.41) is 15.0. The first-order valence-corrected chi connectivity index (χ1v) is 40.9. The number of nitrogens with two attached hydrogens (primary N) is 3.